The smallest absolute Gasteiger partial charge is 0.347 e. The molecule has 0 spiro atoms. The van der Waals surface area contributed by atoms with Crippen molar-refractivity contribution in [1.82, 2.24) is 10.3 Å². The molecule has 0 radical (unpaired) electrons. The van der Waals surface area contributed by atoms with Crippen molar-refractivity contribution in [2.75, 3.05) is 0 Å². The maximum absolute atomic E-state index is 12.0. The number of aromatic carboxylic acids is 1. The van der Waals surface area contributed by atoms with Crippen LogP contribution >= 0.6 is 11.3 Å². The van der Waals surface area contributed by atoms with Gasteiger partial charge in [-0.3, -0.25) is 4.79 Å². The van der Waals surface area contributed by atoms with Gasteiger partial charge in [0.15, 0.2) is 0 Å². The highest BCUT2D eigenvalue weighted by atomic mass is 32.1. The summed E-state index contributed by atoms with van der Waals surface area (Å²) in [6.45, 7) is 3.54. The summed E-state index contributed by atoms with van der Waals surface area (Å²) >= 11 is 1.05. The molecule has 21 heavy (non-hydrogen) atoms. The van der Waals surface area contributed by atoms with Crippen LogP contribution < -0.4 is 5.32 Å². The Morgan fingerprint density at radius 2 is 2.00 bits per heavy atom. The van der Waals surface area contributed by atoms with Gasteiger partial charge in [0.05, 0.1) is 18.2 Å². The van der Waals surface area contributed by atoms with Gasteiger partial charge in [0.25, 0.3) is 0 Å². The van der Waals surface area contributed by atoms with Crippen molar-refractivity contribution >= 4 is 23.2 Å². The summed E-state index contributed by atoms with van der Waals surface area (Å²) in [6, 6.07) is 9.55. The van der Waals surface area contributed by atoms with Crippen LogP contribution in [-0.4, -0.2) is 22.0 Å². The van der Waals surface area contributed by atoms with E-state index in [0.717, 1.165) is 16.9 Å². The summed E-state index contributed by atoms with van der Waals surface area (Å²) < 4.78 is 0. The van der Waals surface area contributed by atoms with Gasteiger partial charge >= 0.3 is 5.97 Å². The summed E-state index contributed by atoms with van der Waals surface area (Å²) in [7, 11) is 0. The molecule has 1 aromatic heterocycles. The van der Waals surface area contributed by atoms with E-state index >= 15 is 0 Å². The molecule has 1 heterocycles. The average molecular weight is 304 g/mol. The lowest BCUT2D eigenvalue weighted by molar-refractivity contribution is -0.121. The molecular formula is C15H16N2O3S. The van der Waals surface area contributed by atoms with Gasteiger partial charge in [-0.1, -0.05) is 30.3 Å². The van der Waals surface area contributed by atoms with Crippen molar-refractivity contribution in [3.05, 3.63) is 51.5 Å². The summed E-state index contributed by atoms with van der Waals surface area (Å²) in [5, 5.41) is 12.4. The van der Waals surface area contributed by atoms with E-state index in [0.29, 0.717) is 10.7 Å². The Balaban J connectivity index is 1.99. The molecule has 2 N–H and O–H groups in total. The molecule has 1 aromatic carbocycles. The number of carboxylic acids is 1. The van der Waals surface area contributed by atoms with Crippen molar-refractivity contribution in [2.24, 2.45) is 0 Å². The lowest BCUT2D eigenvalue weighted by Crippen LogP contribution is -2.28. The Hall–Kier alpha value is -2.21. The highest BCUT2D eigenvalue weighted by molar-refractivity contribution is 7.13. The zero-order chi connectivity index (χ0) is 15.4. The lowest BCUT2D eigenvalue weighted by Gasteiger charge is -2.13. The average Bonchev–Trinajstić information content (AvgIpc) is 2.80. The second-order valence-electron chi connectivity index (χ2n) is 4.70. The number of hydrogen-bond acceptors (Lipinski definition) is 4. The standard InChI is InChI=1S/C15H16N2O3S/c1-9(11-6-4-3-5-7-11)16-12(18)8-13-17-10(2)14(21-13)15(19)20/h3-7,9H,8H2,1-2H3,(H,16,18)(H,19,20). The zero-order valence-electron chi connectivity index (χ0n) is 11.8. The predicted molar refractivity (Wildman–Crippen MR) is 80.5 cm³/mol. The van der Waals surface area contributed by atoms with Gasteiger partial charge in [-0.15, -0.1) is 11.3 Å². The molecule has 0 aliphatic rings. The monoisotopic (exact) mass is 304 g/mol. The predicted octanol–water partition coefficient (Wildman–Crippen LogP) is 2.57. The Labute approximate surface area is 126 Å². The zero-order valence-corrected chi connectivity index (χ0v) is 12.6. The molecular weight excluding hydrogens is 288 g/mol. The number of rotatable bonds is 5. The van der Waals surface area contributed by atoms with Crippen LogP contribution in [0.25, 0.3) is 0 Å². The van der Waals surface area contributed by atoms with E-state index in [2.05, 4.69) is 10.3 Å². The van der Waals surface area contributed by atoms with Crippen molar-refractivity contribution in [3.63, 3.8) is 0 Å². The number of benzene rings is 1. The lowest BCUT2D eigenvalue weighted by atomic mass is 10.1. The Morgan fingerprint density at radius 3 is 2.57 bits per heavy atom. The molecule has 5 nitrogen and oxygen atoms in total. The first kappa shape index (κ1) is 15.2. The van der Waals surface area contributed by atoms with Crippen molar-refractivity contribution in [1.29, 1.82) is 0 Å². The highest BCUT2D eigenvalue weighted by Crippen LogP contribution is 2.19. The molecule has 1 atom stereocenters. The third kappa shape index (κ3) is 3.88. The Kier molecular flexibility index (Phi) is 4.70. The molecule has 110 valence electrons. The fourth-order valence-corrected chi connectivity index (χ4v) is 2.88. The van der Waals surface area contributed by atoms with Crippen LogP contribution in [0, 0.1) is 6.92 Å². The summed E-state index contributed by atoms with van der Waals surface area (Å²) in [6.07, 6.45) is 0.0932. The molecule has 0 saturated carbocycles. The summed E-state index contributed by atoms with van der Waals surface area (Å²) in [4.78, 5) is 27.3. The largest absolute Gasteiger partial charge is 0.477 e. The molecule has 1 amide bonds. The van der Waals surface area contributed by atoms with Crippen LogP contribution in [0.4, 0.5) is 0 Å². The third-order valence-electron chi connectivity index (χ3n) is 3.02. The molecule has 0 bridgehead atoms. The van der Waals surface area contributed by atoms with Crippen LogP contribution in [0.3, 0.4) is 0 Å². The summed E-state index contributed by atoms with van der Waals surface area (Å²) in [5.41, 5.74) is 1.47. The summed E-state index contributed by atoms with van der Waals surface area (Å²) in [5.74, 6) is -1.17. The second-order valence-corrected chi connectivity index (χ2v) is 5.79. The van der Waals surface area contributed by atoms with Crippen LogP contribution in [0.5, 0.6) is 0 Å². The number of aryl methyl sites for hydroxylation is 1. The molecule has 2 aromatic rings. The first-order chi connectivity index (χ1) is 9.97. The van der Waals surface area contributed by atoms with Gasteiger partial charge in [0, 0.05) is 0 Å². The third-order valence-corrected chi connectivity index (χ3v) is 4.17. The molecule has 0 aliphatic heterocycles. The van der Waals surface area contributed by atoms with Gasteiger partial charge in [0.2, 0.25) is 5.91 Å². The van der Waals surface area contributed by atoms with Crippen molar-refractivity contribution < 1.29 is 14.7 Å². The number of hydrogen-bond donors (Lipinski definition) is 2. The molecule has 0 aliphatic carbocycles. The first-order valence-corrected chi connectivity index (χ1v) is 7.33. The fraction of sp³-hybridized carbons (Fsp3) is 0.267. The highest BCUT2D eigenvalue weighted by Gasteiger charge is 2.17. The Morgan fingerprint density at radius 1 is 1.33 bits per heavy atom. The van der Waals surface area contributed by atoms with E-state index < -0.39 is 5.97 Å². The fourth-order valence-electron chi connectivity index (χ4n) is 1.98. The van der Waals surface area contributed by atoms with Crippen LogP contribution in [0.2, 0.25) is 0 Å². The van der Waals surface area contributed by atoms with E-state index in [9.17, 15) is 9.59 Å². The van der Waals surface area contributed by atoms with Crippen LogP contribution in [0.1, 0.15) is 38.9 Å². The van der Waals surface area contributed by atoms with E-state index in [4.69, 9.17) is 5.11 Å². The van der Waals surface area contributed by atoms with Gasteiger partial charge in [-0.05, 0) is 19.4 Å². The SMILES string of the molecule is Cc1nc(CC(=O)NC(C)c2ccccc2)sc1C(=O)O. The maximum Gasteiger partial charge on any atom is 0.347 e. The number of nitrogens with zero attached hydrogens (tertiary/aromatic N) is 1. The number of carbonyl (C=O) groups is 2. The van der Waals surface area contributed by atoms with E-state index in [1.54, 1.807) is 6.92 Å². The number of aromatic nitrogens is 1. The topological polar surface area (TPSA) is 79.3 Å². The second kappa shape index (κ2) is 6.49. The number of amides is 1. The van der Waals surface area contributed by atoms with Gasteiger partial charge < -0.3 is 10.4 Å². The first-order valence-electron chi connectivity index (χ1n) is 6.51. The number of carbonyl (C=O) groups excluding carboxylic acids is 1. The molecule has 6 heteroatoms. The van der Waals surface area contributed by atoms with Gasteiger partial charge in [-0.25, -0.2) is 9.78 Å². The quantitative estimate of drug-likeness (QED) is 0.889. The molecule has 0 saturated heterocycles. The minimum Gasteiger partial charge on any atom is -0.477 e. The van der Waals surface area contributed by atoms with Crippen LogP contribution in [0.15, 0.2) is 30.3 Å². The van der Waals surface area contributed by atoms with Crippen LogP contribution in [-0.2, 0) is 11.2 Å². The van der Waals surface area contributed by atoms with E-state index in [1.165, 1.54) is 0 Å². The van der Waals surface area contributed by atoms with Gasteiger partial charge in [0.1, 0.15) is 9.88 Å². The number of thiazole rings is 1. The van der Waals surface area contributed by atoms with Gasteiger partial charge in [-0.2, -0.15) is 0 Å². The maximum atomic E-state index is 12.0. The molecule has 0 fully saturated rings. The molecule has 2 rings (SSSR count). The number of nitrogens with one attached hydrogen (secondary N) is 1. The Bertz CT molecular complexity index is 652. The van der Waals surface area contributed by atoms with E-state index in [1.807, 2.05) is 37.3 Å². The minimum absolute atomic E-state index is 0.0932. The molecule has 1 unspecified atom stereocenters. The number of carboxylic acid groups (broad SMARTS) is 1. The minimum atomic E-state index is -1.01. The van der Waals surface area contributed by atoms with Crippen molar-refractivity contribution in [3.8, 4) is 0 Å². The van der Waals surface area contributed by atoms with Crippen molar-refractivity contribution in [2.45, 2.75) is 26.3 Å². The normalized spacial score (nSPS) is 11.9. The van der Waals surface area contributed by atoms with E-state index in [-0.39, 0.29) is 23.2 Å².